The summed E-state index contributed by atoms with van der Waals surface area (Å²) in [6.45, 7) is 6.94. The molecule has 0 saturated carbocycles. The van der Waals surface area contributed by atoms with Crippen LogP contribution in [0.4, 0.5) is 10.5 Å². The maximum atomic E-state index is 13.5. The summed E-state index contributed by atoms with van der Waals surface area (Å²) in [6, 6.07) is 22.8. The second-order valence-corrected chi connectivity index (χ2v) is 9.57. The lowest BCUT2D eigenvalue weighted by Gasteiger charge is -2.26. The van der Waals surface area contributed by atoms with E-state index in [9.17, 15) is 14.4 Å². The Morgan fingerprint density at radius 1 is 0.919 bits per heavy atom. The van der Waals surface area contributed by atoms with Crippen LogP contribution in [0.1, 0.15) is 48.4 Å². The molecule has 186 valence electrons. The fourth-order valence-corrected chi connectivity index (χ4v) is 4.65. The molecular formula is C31H29N3O3. The zero-order valence-electron chi connectivity index (χ0n) is 21.2. The van der Waals surface area contributed by atoms with Crippen molar-refractivity contribution >= 4 is 40.5 Å². The summed E-state index contributed by atoms with van der Waals surface area (Å²) in [7, 11) is 0. The van der Waals surface area contributed by atoms with Gasteiger partial charge in [0.1, 0.15) is 5.57 Å². The van der Waals surface area contributed by atoms with E-state index in [1.807, 2.05) is 42.6 Å². The van der Waals surface area contributed by atoms with E-state index in [4.69, 9.17) is 0 Å². The number of aryl methyl sites for hydroxylation is 1. The van der Waals surface area contributed by atoms with E-state index in [0.29, 0.717) is 18.2 Å². The van der Waals surface area contributed by atoms with Crippen LogP contribution in [0.2, 0.25) is 0 Å². The molecule has 1 saturated heterocycles. The minimum atomic E-state index is -0.745. The molecular weight excluding hydrogens is 462 g/mol. The van der Waals surface area contributed by atoms with Gasteiger partial charge in [0, 0.05) is 29.2 Å². The third kappa shape index (κ3) is 4.70. The van der Waals surface area contributed by atoms with E-state index in [-0.39, 0.29) is 5.57 Å². The standard InChI is InChI=1S/C31H29N3O3/c1-4-21(3)23-13-15-25(16-14-23)34-30(36)27(29(35)32-31(34)37)17-24-19-33(28-8-6-5-7-26(24)28)18-22-11-9-20(2)10-12-22/h5-17,19,21H,4,18H2,1-3H3,(H,32,35,37)/b27-17+. The SMILES string of the molecule is CCC(C)c1ccc(N2C(=O)NC(=O)/C(=C\c3cn(Cc4ccc(C)cc4)c4ccccc34)C2=O)cc1. The second kappa shape index (κ2) is 9.90. The molecule has 6 nitrogen and oxygen atoms in total. The van der Waals surface area contributed by atoms with Crippen molar-refractivity contribution in [1.82, 2.24) is 9.88 Å². The summed E-state index contributed by atoms with van der Waals surface area (Å²) in [5.74, 6) is -0.965. The van der Waals surface area contributed by atoms with Gasteiger partial charge in [0.15, 0.2) is 0 Å². The van der Waals surface area contributed by atoms with Gasteiger partial charge >= 0.3 is 6.03 Å². The molecule has 1 unspecified atom stereocenters. The number of hydrogen-bond donors (Lipinski definition) is 1. The predicted octanol–water partition coefficient (Wildman–Crippen LogP) is 6.18. The Morgan fingerprint density at radius 2 is 1.62 bits per heavy atom. The number of carbonyl (C=O) groups excluding carboxylic acids is 3. The molecule has 1 aliphatic heterocycles. The zero-order valence-corrected chi connectivity index (χ0v) is 21.2. The van der Waals surface area contributed by atoms with E-state index in [1.54, 1.807) is 18.2 Å². The van der Waals surface area contributed by atoms with Crippen molar-refractivity contribution in [3.63, 3.8) is 0 Å². The number of carbonyl (C=O) groups is 3. The molecule has 3 aromatic carbocycles. The Morgan fingerprint density at radius 3 is 2.32 bits per heavy atom. The van der Waals surface area contributed by atoms with Crippen molar-refractivity contribution < 1.29 is 14.4 Å². The van der Waals surface area contributed by atoms with E-state index >= 15 is 0 Å². The Bertz CT molecular complexity index is 1530. The van der Waals surface area contributed by atoms with Crippen molar-refractivity contribution in [2.24, 2.45) is 0 Å². The first-order valence-electron chi connectivity index (χ1n) is 12.5. The number of imide groups is 2. The predicted molar refractivity (Wildman–Crippen MR) is 146 cm³/mol. The average Bonchev–Trinajstić information content (AvgIpc) is 3.24. The lowest BCUT2D eigenvalue weighted by atomic mass is 9.98. The molecule has 4 amide bonds. The highest BCUT2D eigenvalue weighted by atomic mass is 16.2. The van der Waals surface area contributed by atoms with Gasteiger partial charge in [-0.15, -0.1) is 0 Å². The van der Waals surface area contributed by atoms with Gasteiger partial charge in [-0.05, 0) is 54.7 Å². The number of aromatic nitrogens is 1. The van der Waals surface area contributed by atoms with Crippen molar-refractivity contribution in [1.29, 1.82) is 0 Å². The summed E-state index contributed by atoms with van der Waals surface area (Å²) >= 11 is 0. The molecule has 4 aromatic rings. The number of amides is 4. The fourth-order valence-electron chi connectivity index (χ4n) is 4.65. The first-order valence-corrected chi connectivity index (χ1v) is 12.5. The highest BCUT2D eigenvalue weighted by Gasteiger charge is 2.37. The van der Waals surface area contributed by atoms with Crippen LogP contribution in [0, 0.1) is 6.92 Å². The van der Waals surface area contributed by atoms with E-state index in [1.165, 1.54) is 5.56 Å². The van der Waals surface area contributed by atoms with Crippen LogP contribution in [0.5, 0.6) is 0 Å². The van der Waals surface area contributed by atoms with E-state index < -0.39 is 17.8 Å². The smallest absolute Gasteiger partial charge is 0.335 e. The summed E-state index contributed by atoms with van der Waals surface area (Å²) in [4.78, 5) is 40.0. The van der Waals surface area contributed by atoms with Gasteiger partial charge in [0.05, 0.1) is 5.69 Å². The number of para-hydroxylation sites is 1. The normalized spacial score (nSPS) is 15.9. The molecule has 0 spiro atoms. The molecule has 0 radical (unpaired) electrons. The molecule has 6 heteroatoms. The fraction of sp³-hybridized carbons (Fsp3) is 0.194. The summed E-state index contributed by atoms with van der Waals surface area (Å²) in [5, 5.41) is 3.25. The van der Waals surface area contributed by atoms with Gasteiger partial charge in [0.25, 0.3) is 11.8 Å². The van der Waals surface area contributed by atoms with E-state index in [0.717, 1.165) is 38.9 Å². The summed E-state index contributed by atoms with van der Waals surface area (Å²) < 4.78 is 2.11. The molecule has 0 aliphatic carbocycles. The molecule has 1 fully saturated rings. The van der Waals surface area contributed by atoms with Gasteiger partial charge in [-0.3, -0.25) is 14.9 Å². The van der Waals surface area contributed by atoms with Crippen LogP contribution in [-0.2, 0) is 16.1 Å². The van der Waals surface area contributed by atoms with Crippen LogP contribution in [0.25, 0.3) is 17.0 Å². The lowest BCUT2D eigenvalue weighted by Crippen LogP contribution is -2.54. The van der Waals surface area contributed by atoms with Crippen LogP contribution < -0.4 is 10.2 Å². The quantitative estimate of drug-likeness (QED) is 0.259. The minimum Gasteiger partial charge on any atom is -0.342 e. The third-order valence-corrected chi connectivity index (χ3v) is 7.03. The molecule has 2 heterocycles. The van der Waals surface area contributed by atoms with Crippen LogP contribution in [-0.4, -0.2) is 22.4 Å². The summed E-state index contributed by atoms with van der Waals surface area (Å²) in [5.41, 5.74) is 5.55. The molecule has 1 aliphatic rings. The number of fused-ring (bicyclic) bond motifs is 1. The minimum absolute atomic E-state index is 0.0798. The highest BCUT2D eigenvalue weighted by Crippen LogP contribution is 2.28. The molecule has 1 atom stereocenters. The number of anilines is 1. The second-order valence-electron chi connectivity index (χ2n) is 9.57. The number of barbiturate groups is 1. The number of nitrogens with zero attached hydrogens (tertiary/aromatic N) is 2. The lowest BCUT2D eigenvalue weighted by molar-refractivity contribution is -0.122. The Hall–Kier alpha value is -4.45. The largest absolute Gasteiger partial charge is 0.342 e. The molecule has 0 bridgehead atoms. The number of urea groups is 1. The van der Waals surface area contributed by atoms with Gasteiger partial charge in [-0.1, -0.05) is 74.0 Å². The molecule has 1 N–H and O–H groups in total. The number of nitrogens with one attached hydrogen (secondary N) is 1. The van der Waals surface area contributed by atoms with Gasteiger partial charge in [0.2, 0.25) is 0 Å². The van der Waals surface area contributed by atoms with Crippen LogP contribution >= 0.6 is 0 Å². The molecule has 37 heavy (non-hydrogen) atoms. The van der Waals surface area contributed by atoms with Crippen molar-refractivity contribution in [3.05, 3.63) is 107 Å². The zero-order chi connectivity index (χ0) is 26.1. The monoisotopic (exact) mass is 491 g/mol. The van der Waals surface area contributed by atoms with Gasteiger partial charge in [-0.25, -0.2) is 9.69 Å². The average molecular weight is 492 g/mol. The number of rotatable bonds is 6. The van der Waals surface area contributed by atoms with Crippen LogP contribution in [0.3, 0.4) is 0 Å². The van der Waals surface area contributed by atoms with E-state index in [2.05, 4.69) is 54.9 Å². The van der Waals surface area contributed by atoms with Crippen LogP contribution in [0.15, 0.2) is 84.6 Å². The maximum absolute atomic E-state index is 13.5. The topological polar surface area (TPSA) is 71.4 Å². The first-order chi connectivity index (χ1) is 17.9. The third-order valence-electron chi connectivity index (χ3n) is 7.03. The maximum Gasteiger partial charge on any atom is 0.335 e. The van der Waals surface area contributed by atoms with Crippen molar-refractivity contribution in [2.75, 3.05) is 4.90 Å². The Kier molecular flexibility index (Phi) is 6.49. The molecule has 5 rings (SSSR count). The first kappa shape index (κ1) is 24.3. The van der Waals surface area contributed by atoms with Gasteiger partial charge in [-0.2, -0.15) is 0 Å². The Balaban J connectivity index is 1.51. The molecule has 1 aromatic heterocycles. The van der Waals surface area contributed by atoms with Crippen molar-refractivity contribution in [3.8, 4) is 0 Å². The number of benzene rings is 3. The van der Waals surface area contributed by atoms with Gasteiger partial charge < -0.3 is 4.57 Å². The summed E-state index contributed by atoms with van der Waals surface area (Å²) in [6.07, 6.45) is 4.51. The van der Waals surface area contributed by atoms with Crippen molar-refractivity contribution in [2.45, 2.75) is 39.7 Å². The highest BCUT2D eigenvalue weighted by molar-refractivity contribution is 6.39. The number of hydrogen-bond acceptors (Lipinski definition) is 3. The Labute approximate surface area is 216 Å².